The number of hydrogen-bond acceptors (Lipinski definition) is 2. The van der Waals surface area contributed by atoms with E-state index in [0.717, 1.165) is 14.2 Å². The van der Waals surface area contributed by atoms with E-state index in [1.54, 1.807) is 22.3 Å². The minimum absolute atomic E-state index is 0.552. The molecule has 166 valence electrons. The molecule has 2 N–H and O–H groups in total. The van der Waals surface area contributed by atoms with Crippen molar-refractivity contribution in [3.8, 4) is 22.3 Å². The van der Waals surface area contributed by atoms with E-state index in [1.165, 1.54) is 22.3 Å². The molecule has 33 heavy (non-hydrogen) atoms. The second kappa shape index (κ2) is 10.5. The Kier molecular flexibility index (Phi) is 7.52. The molecule has 4 aromatic carbocycles. The topological polar surface area (TPSA) is 40.5 Å². The molecule has 6 rings (SSSR count). The molecular weight excluding hydrogens is 440 g/mol. The van der Waals surface area contributed by atoms with Crippen LogP contribution in [-0.4, -0.2) is 28.7 Å². The first-order valence-corrected chi connectivity index (χ1v) is 14.0. The van der Waals surface area contributed by atoms with Crippen LogP contribution in [0.25, 0.3) is 22.3 Å². The van der Waals surface area contributed by atoms with Crippen LogP contribution in [0.1, 0.15) is 37.6 Å². The molecule has 0 bridgehead atoms. The summed E-state index contributed by atoms with van der Waals surface area (Å²) in [5.41, 5.74) is 12.0. The van der Waals surface area contributed by atoms with E-state index in [1.807, 2.05) is 0 Å². The van der Waals surface area contributed by atoms with Gasteiger partial charge in [0.1, 0.15) is 0 Å². The van der Waals surface area contributed by atoms with Gasteiger partial charge in [-0.05, 0) is 0 Å². The Hall–Kier alpha value is -2.62. The second-order valence-corrected chi connectivity index (χ2v) is 12.3. The van der Waals surface area contributed by atoms with Gasteiger partial charge in [0, 0.05) is 14.2 Å². The van der Waals surface area contributed by atoms with Crippen molar-refractivity contribution in [2.24, 2.45) is 0 Å². The van der Waals surface area contributed by atoms with Crippen LogP contribution in [0, 0.1) is 0 Å². The van der Waals surface area contributed by atoms with E-state index >= 15 is 0 Å². The van der Waals surface area contributed by atoms with E-state index in [0.29, 0.717) is 8.45 Å². The van der Waals surface area contributed by atoms with E-state index in [4.69, 9.17) is 10.2 Å². The average molecular weight is 470 g/mol. The number of hydrogen-bond donors (Lipinski definition) is 2. The van der Waals surface area contributed by atoms with Gasteiger partial charge in [-0.15, -0.1) is 0 Å². The van der Waals surface area contributed by atoms with Gasteiger partial charge in [-0.1, -0.05) is 0 Å². The Balaban J connectivity index is 0.000000617. The SMILES string of the molecule is CO.CO.C[CH]=[Ti]([CH]1c2ccccc2-c2ccccc21)[CH]1c2ccccc2-c2ccccc21. The van der Waals surface area contributed by atoms with Crippen LogP contribution < -0.4 is 0 Å². The summed E-state index contributed by atoms with van der Waals surface area (Å²) >= 11 is -1.75. The second-order valence-electron chi connectivity index (χ2n) is 8.00. The summed E-state index contributed by atoms with van der Waals surface area (Å²) in [6.45, 7) is 2.32. The molecule has 0 spiro atoms. The van der Waals surface area contributed by atoms with Crippen LogP contribution >= 0.6 is 0 Å². The summed E-state index contributed by atoms with van der Waals surface area (Å²) in [5, 5.41) is 14.0. The molecule has 2 aliphatic carbocycles. The standard InChI is InChI=1S/2C13H9.C2H4.2CH4O.Ti/c2*1-3-7-12-10(5-1)9-11-6-2-4-8-13(11)12;3*1-2;/h2*1-9H;1H,2H3;2*2H,1H3;. The van der Waals surface area contributed by atoms with Crippen LogP contribution in [0.4, 0.5) is 0 Å². The molecule has 0 atom stereocenters. The summed E-state index contributed by atoms with van der Waals surface area (Å²) in [6.07, 6.45) is 0. The molecule has 0 heterocycles. The van der Waals surface area contributed by atoms with E-state index < -0.39 is 17.4 Å². The molecule has 2 aliphatic rings. The average Bonchev–Trinajstić information content (AvgIpc) is 3.41. The molecule has 0 saturated carbocycles. The van der Waals surface area contributed by atoms with Gasteiger partial charge in [-0.3, -0.25) is 0 Å². The van der Waals surface area contributed by atoms with Gasteiger partial charge < -0.3 is 10.2 Å². The number of benzene rings is 4. The number of aliphatic hydroxyl groups excluding tert-OH is 2. The Morgan fingerprint density at radius 1 is 0.485 bits per heavy atom. The van der Waals surface area contributed by atoms with Crippen molar-refractivity contribution >= 4 is 4.31 Å². The van der Waals surface area contributed by atoms with Gasteiger partial charge in [-0.25, -0.2) is 0 Å². The molecule has 0 fully saturated rings. The number of rotatable bonds is 2. The van der Waals surface area contributed by atoms with Gasteiger partial charge in [-0.2, -0.15) is 0 Å². The Morgan fingerprint density at radius 3 is 0.970 bits per heavy atom. The van der Waals surface area contributed by atoms with Crippen molar-refractivity contribution in [3.63, 3.8) is 0 Å². The van der Waals surface area contributed by atoms with Crippen LogP contribution in [0.2, 0.25) is 0 Å². The molecular formula is C30H30O2Ti. The zero-order valence-corrected chi connectivity index (χ0v) is 20.9. The minimum atomic E-state index is -1.75. The molecule has 0 aromatic heterocycles. The summed E-state index contributed by atoms with van der Waals surface area (Å²) in [4.78, 5) is 0. The van der Waals surface area contributed by atoms with Crippen molar-refractivity contribution in [1.82, 2.24) is 0 Å². The fourth-order valence-electron chi connectivity index (χ4n) is 5.53. The summed E-state index contributed by atoms with van der Waals surface area (Å²) in [5.74, 6) is 0. The molecule has 2 nitrogen and oxygen atoms in total. The predicted octanol–water partition coefficient (Wildman–Crippen LogP) is 6.18. The van der Waals surface area contributed by atoms with Crippen LogP contribution in [0.15, 0.2) is 97.1 Å². The number of fused-ring (bicyclic) bond motifs is 6. The fraction of sp³-hybridized carbons (Fsp3) is 0.167. The maximum absolute atomic E-state index is 7.00. The summed E-state index contributed by atoms with van der Waals surface area (Å²) in [7, 11) is 2.00. The third-order valence-electron chi connectivity index (χ3n) is 6.67. The monoisotopic (exact) mass is 470 g/mol. The van der Waals surface area contributed by atoms with Crippen molar-refractivity contribution in [2.45, 2.75) is 15.4 Å². The van der Waals surface area contributed by atoms with Gasteiger partial charge >= 0.3 is 179 Å². The molecule has 0 saturated heterocycles. The van der Waals surface area contributed by atoms with Crippen molar-refractivity contribution in [3.05, 3.63) is 119 Å². The van der Waals surface area contributed by atoms with Gasteiger partial charge in [0.2, 0.25) is 0 Å². The third-order valence-corrected chi connectivity index (χ3v) is 11.7. The Bertz CT molecular complexity index is 1100. The first kappa shape index (κ1) is 23.5. The molecule has 0 amide bonds. The Morgan fingerprint density at radius 2 is 0.727 bits per heavy atom. The van der Waals surface area contributed by atoms with Gasteiger partial charge in [0.05, 0.1) is 0 Å². The van der Waals surface area contributed by atoms with Crippen LogP contribution in [-0.2, 0) is 17.4 Å². The summed E-state index contributed by atoms with van der Waals surface area (Å²) in [6, 6.07) is 36.4. The summed E-state index contributed by atoms with van der Waals surface area (Å²) < 4.78 is 3.72. The van der Waals surface area contributed by atoms with E-state index in [-0.39, 0.29) is 0 Å². The normalized spacial score (nSPS) is 12.8. The first-order chi connectivity index (χ1) is 16.4. The van der Waals surface area contributed by atoms with Crippen molar-refractivity contribution in [2.75, 3.05) is 14.2 Å². The molecule has 3 heteroatoms. The van der Waals surface area contributed by atoms with Crippen LogP contribution in [0.5, 0.6) is 0 Å². The van der Waals surface area contributed by atoms with E-state index in [9.17, 15) is 0 Å². The first-order valence-electron chi connectivity index (χ1n) is 11.3. The quantitative estimate of drug-likeness (QED) is 0.344. The maximum atomic E-state index is 7.00. The molecule has 4 aromatic rings. The number of aliphatic hydroxyl groups is 2. The Labute approximate surface area is 202 Å². The van der Waals surface area contributed by atoms with Crippen molar-refractivity contribution in [1.29, 1.82) is 0 Å². The van der Waals surface area contributed by atoms with Gasteiger partial charge in [0.15, 0.2) is 0 Å². The molecule has 0 unspecified atom stereocenters. The van der Waals surface area contributed by atoms with Crippen LogP contribution in [0.3, 0.4) is 0 Å². The molecule has 0 aliphatic heterocycles. The van der Waals surface area contributed by atoms with Crippen molar-refractivity contribution < 1.29 is 27.6 Å². The third kappa shape index (κ3) is 3.88. The predicted molar refractivity (Wildman–Crippen MR) is 135 cm³/mol. The fourth-order valence-corrected chi connectivity index (χ4v) is 10.9. The van der Waals surface area contributed by atoms with Gasteiger partial charge in [0.25, 0.3) is 0 Å². The zero-order valence-electron chi connectivity index (χ0n) is 19.4. The molecule has 0 radical (unpaired) electrons. The van der Waals surface area contributed by atoms with E-state index in [2.05, 4.69) is 108 Å². The zero-order chi connectivity index (χ0) is 23.4.